The number of rotatable bonds is 3. The molecule has 4 unspecified atom stereocenters. The molecular weight excluding hydrogens is 283 g/mol. The molecule has 11 heteroatoms. The van der Waals surface area contributed by atoms with Crippen molar-refractivity contribution in [1.29, 1.82) is 0 Å². The van der Waals surface area contributed by atoms with E-state index in [-0.39, 0.29) is 5.82 Å². The molecule has 21 heavy (non-hydrogen) atoms. The van der Waals surface area contributed by atoms with Crippen molar-refractivity contribution < 1.29 is 14.2 Å². The van der Waals surface area contributed by atoms with Crippen LogP contribution in [0.2, 0.25) is 0 Å². The minimum atomic E-state index is -1.65. The average Bonchev–Trinajstić information content (AvgIpc) is 3.03. The number of alkyl halides is 1. The van der Waals surface area contributed by atoms with E-state index in [1.54, 1.807) is 0 Å². The van der Waals surface area contributed by atoms with Crippen LogP contribution in [0.1, 0.15) is 6.23 Å². The van der Waals surface area contributed by atoms with E-state index in [0.29, 0.717) is 11.2 Å². The first-order chi connectivity index (χ1) is 10.2. The Kier molecular flexibility index (Phi) is 3.29. The summed E-state index contributed by atoms with van der Waals surface area (Å²) < 4.78 is 21.2. The number of anilines is 1. The highest BCUT2D eigenvalue weighted by molar-refractivity contribution is 5.81. The maximum Gasteiger partial charge on any atom is 0.168 e. The fourth-order valence-corrected chi connectivity index (χ4v) is 2.33. The fraction of sp³-hybridized carbons (Fsp3) is 0.500. The lowest BCUT2D eigenvalue weighted by Crippen LogP contribution is -2.28. The smallest absolute Gasteiger partial charge is 0.168 e. The first-order valence-electron chi connectivity index (χ1n) is 6.05. The SMILES string of the molecule is [N-]=[N+]=NC1C(CO)OC(n2cnc3c(N)ncnc32)C1F. The van der Waals surface area contributed by atoms with Gasteiger partial charge in [0.15, 0.2) is 23.9 Å². The maximum absolute atomic E-state index is 14.4. The summed E-state index contributed by atoms with van der Waals surface area (Å²) in [6, 6.07) is -1.12. The summed E-state index contributed by atoms with van der Waals surface area (Å²) in [4.78, 5) is 14.4. The highest BCUT2D eigenvalue weighted by atomic mass is 19.1. The summed E-state index contributed by atoms with van der Waals surface area (Å²) >= 11 is 0. The second-order valence-corrected chi connectivity index (χ2v) is 4.47. The van der Waals surface area contributed by atoms with Crippen molar-refractivity contribution in [3.63, 3.8) is 0 Å². The van der Waals surface area contributed by atoms with Gasteiger partial charge in [-0.3, -0.25) is 4.57 Å². The summed E-state index contributed by atoms with van der Waals surface area (Å²) in [5.41, 5.74) is 14.8. The Bertz CT molecular complexity index is 714. The quantitative estimate of drug-likeness (QED) is 0.473. The van der Waals surface area contributed by atoms with Crippen LogP contribution < -0.4 is 5.73 Å². The van der Waals surface area contributed by atoms with Crippen molar-refractivity contribution in [2.45, 2.75) is 24.5 Å². The zero-order valence-corrected chi connectivity index (χ0v) is 10.6. The van der Waals surface area contributed by atoms with Crippen LogP contribution in [0.15, 0.2) is 17.8 Å². The standard InChI is InChI=1S/C10H11FN8O2/c11-5-6(17-18-13)4(1-20)21-10(5)19-3-16-7-8(12)14-2-15-9(7)19/h2-6,10,20H,1H2,(H2,12,14,15). The Morgan fingerprint density at radius 3 is 3.05 bits per heavy atom. The molecule has 3 heterocycles. The molecule has 3 rings (SSSR count). The Hall–Kier alpha value is -2.49. The van der Waals surface area contributed by atoms with Gasteiger partial charge >= 0.3 is 0 Å². The van der Waals surface area contributed by atoms with E-state index in [2.05, 4.69) is 25.0 Å². The molecule has 4 atom stereocenters. The highest BCUT2D eigenvalue weighted by Crippen LogP contribution is 2.35. The molecule has 1 aliphatic heterocycles. The van der Waals surface area contributed by atoms with E-state index in [0.717, 1.165) is 0 Å². The molecule has 0 spiro atoms. The van der Waals surface area contributed by atoms with Crippen LogP contribution >= 0.6 is 0 Å². The summed E-state index contributed by atoms with van der Waals surface area (Å²) in [6.45, 7) is -0.468. The molecule has 110 valence electrons. The zero-order valence-electron chi connectivity index (χ0n) is 10.6. The van der Waals surface area contributed by atoms with Gasteiger partial charge in [-0.25, -0.2) is 19.3 Å². The number of nitrogens with two attached hydrogens (primary N) is 1. The number of fused-ring (bicyclic) bond motifs is 1. The van der Waals surface area contributed by atoms with Gasteiger partial charge in [-0.05, 0) is 5.53 Å². The van der Waals surface area contributed by atoms with Crippen molar-refractivity contribution in [1.82, 2.24) is 19.5 Å². The fourth-order valence-electron chi connectivity index (χ4n) is 2.33. The van der Waals surface area contributed by atoms with Gasteiger partial charge in [0, 0.05) is 4.91 Å². The number of aromatic nitrogens is 4. The number of aliphatic hydroxyl groups excluding tert-OH is 1. The number of hydrogen-bond acceptors (Lipinski definition) is 7. The maximum atomic E-state index is 14.4. The number of azide groups is 1. The van der Waals surface area contributed by atoms with Crippen LogP contribution in [-0.2, 0) is 4.74 Å². The van der Waals surface area contributed by atoms with Gasteiger partial charge in [0.25, 0.3) is 0 Å². The van der Waals surface area contributed by atoms with Crippen LogP contribution in [-0.4, -0.2) is 49.5 Å². The Morgan fingerprint density at radius 1 is 1.52 bits per heavy atom. The number of nitrogens with zero attached hydrogens (tertiary/aromatic N) is 7. The molecule has 0 radical (unpaired) electrons. The second kappa shape index (κ2) is 5.13. The molecule has 0 aromatic carbocycles. The molecule has 2 aromatic rings. The van der Waals surface area contributed by atoms with Gasteiger partial charge in [-0.2, -0.15) is 0 Å². The van der Waals surface area contributed by atoms with Crippen molar-refractivity contribution in [2.24, 2.45) is 5.11 Å². The molecule has 1 saturated heterocycles. The first kappa shape index (κ1) is 13.5. The Balaban J connectivity index is 2.03. The molecule has 3 N–H and O–H groups in total. The van der Waals surface area contributed by atoms with Crippen molar-refractivity contribution >= 4 is 17.0 Å². The number of halogens is 1. The largest absolute Gasteiger partial charge is 0.394 e. The van der Waals surface area contributed by atoms with E-state index >= 15 is 0 Å². The second-order valence-electron chi connectivity index (χ2n) is 4.47. The zero-order chi connectivity index (χ0) is 15.0. The normalized spacial score (nSPS) is 28.7. The highest BCUT2D eigenvalue weighted by Gasteiger charge is 2.46. The third-order valence-electron chi connectivity index (χ3n) is 3.32. The van der Waals surface area contributed by atoms with E-state index in [1.165, 1.54) is 17.2 Å². The van der Waals surface area contributed by atoms with Crippen LogP contribution in [0.3, 0.4) is 0 Å². The lowest BCUT2D eigenvalue weighted by Gasteiger charge is -2.15. The first-order valence-corrected chi connectivity index (χ1v) is 6.05. The van der Waals surface area contributed by atoms with Gasteiger partial charge in [0.2, 0.25) is 0 Å². The third kappa shape index (κ3) is 2.03. The van der Waals surface area contributed by atoms with E-state index < -0.39 is 31.2 Å². The molecular formula is C10H11FN8O2. The number of aliphatic hydroxyl groups is 1. The third-order valence-corrected chi connectivity index (χ3v) is 3.32. The van der Waals surface area contributed by atoms with Gasteiger partial charge in [0.05, 0.1) is 19.0 Å². The number of nitrogen functional groups attached to an aromatic ring is 1. The van der Waals surface area contributed by atoms with Crippen molar-refractivity contribution in [2.75, 3.05) is 12.3 Å². The van der Waals surface area contributed by atoms with Crippen LogP contribution in [0.4, 0.5) is 10.2 Å². The van der Waals surface area contributed by atoms with Crippen LogP contribution in [0, 0.1) is 0 Å². The van der Waals surface area contributed by atoms with Crippen LogP contribution in [0.25, 0.3) is 21.6 Å². The van der Waals surface area contributed by atoms with Crippen LogP contribution in [0.5, 0.6) is 0 Å². The molecule has 2 aromatic heterocycles. The summed E-state index contributed by atoms with van der Waals surface area (Å²) in [5.74, 6) is 0.164. The predicted molar refractivity (Wildman–Crippen MR) is 68.6 cm³/mol. The molecule has 0 bridgehead atoms. The minimum Gasteiger partial charge on any atom is -0.394 e. The molecule has 0 amide bonds. The number of imidazole rings is 1. The summed E-state index contributed by atoms with van der Waals surface area (Å²) in [6.07, 6.45) is -1.15. The average molecular weight is 294 g/mol. The van der Waals surface area contributed by atoms with E-state index in [4.69, 9.17) is 16.0 Å². The molecule has 1 aliphatic rings. The molecule has 10 nitrogen and oxygen atoms in total. The molecule has 0 aliphatic carbocycles. The Morgan fingerprint density at radius 2 is 2.33 bits per heavy atom. The molecule has 0 saturated carbocycles. The van der Waals surface area contributed by atoms with Gasteiger partial charge < -0.3 is 15.6 Å². The number of ether oxygens (including phenoxy) is 1. The number of hydrogen-bond donors (Lipinski definition) is 2. The summed E-state index contributed by atoms with van der Waals surface area (Å²) in [5, 5.41) is 12.6. The van der Waals surface area contributed by atoms with Gasteiger partial charge in [0.1, 0.15) is 17.9 Å². The lowest BCUT2D eigenvalue weighted by molar-refractivity contribution is -0.0360. The predicted octanol–water partition coefficient (Wildman–Crippen LogP) is 0.315. The van der Waals surface area contributed by atoms with E-state index in [1.807, 2.05) is 0 Å². The minimum absolute atomic E-state index is 0.164. The van der Waals surface area contributed by atoms with E-state index in [9.17, 15) is 9.50 Å². The monoisotopic (exact) mass is 294 g/mol. The summed E-state index contributed by atoms with van der Waals surface area (Å²) in [7, 11) is 0. The van der Waals surface area contributed by atoms with Crippen molar-refractivity contribution in [3.8, 4) is 0 Å². The molecule has 1 fully saturated rings. The van der Waals surface area contributed by atoms with Gasteiger partial charge in [-0.1, -0.05) is 5.11 Å². The topological polar surface area (TPSA) is 148 Å². The van der Waals surface area contributed by atoms with Gasteiger partial charge in [-0.15, -0.1) is 0 Å². The Labute approximate surface area is 117 Å². The lowest BCUT2D eigenvalue weighted by atomic mass is 10.1. The van der Waals surface area contributed by atoms with Crippen molar-refractivity contribution in [3.05, 3.63) is 23.1 Å².